The van der Waals surface area contributed by atoms with Crippen LogP contribution >= 0.6 is 0 Å². The normalized spacial score (nSPS) is 25.5. The number of rotatable bonds is 4. The third-order valence-corrected chi connectivity index (χ3v) is 5.22. The van der Waals surface area contributed by atoms with E-state index in [1.54, 1.807) is 17.0 Å². The van der Waals surface area contributed by atoms with Crippen LogP contribution in [-0.2, 0) is 4.79 Å². The minimum absolute atomic E-state index is 0.00253. The summed E-state index contributed by atoms with van der Waals surface area (Å²) in [5.41, 5.74) is 2.02. The van der Waals surface area contributed by atoms with Gasteiger partial charge in [0.25, 0.3) is 0 Å². The summed E-state index contributed by atoms with van der Waals surface area (Å²) >= 11 is 0. The van der Waals surface area contributed by atoms with Gasteiger partial charge in [-0.15, -0.1) is 0 Å². The van der Waals surface area contributed by atoms with E-state index < -0.39 is 0 Å². The highest BCUT2D eigenvalue weighted by atomic mass is 16.5. The van der Waals surface area contributed by atoms with Crippen molar-refractivity contribution in [1.29, 1.82) is 5.26 Å². The van der Waals surface area contributed by atoms with E-state index in [0.717, 1.165) is 24.0 Å². The molecule has 140 valence electrons. The van der Waals surface area contributed by atoms with Crippen LogP contribution in [0.2, 0.25) is 0 Å². The van der Waals surface area contributed by atoms with Crippen LogP contribution in [0.1, 0.15) is 50.2 Å². The average molecular weight is 357 g/mol. The van der Waals surface area contributed by atoms with Gasteiger partial charge in [-0.1, -0.05) is 0 Å². The molecule has 3 rings (SSSR count). The number of nitrogens with zero attached hydrogens (tertiary/aromatic N) is 2. The van der Waals surface area contributed by atoms with E-state index in [4.69, 9.17) is 4.74 Å². The van der Waals surface area contributed by atoms with Gasteiger partial charge in [-0.3, -0.25) is 4.79 Å². The van der Waals surface area contributed by atoms with Crippen LogP contribution in [0.5, 0.6) is 11.5 Å². The summed E-state index contributed by atoms with van der Waals surface area (Å²) in [6, 6.07) is 5.07. The number of aromatic hydroxyl groups is 1. The smallest absolute Gasteiger partial charge is 0.240 e. The number of hydrogen-bond acceptors (Lipinski definition) is 5. The Morgan fingerprint density at radius 3 is 2.92 bits per heavy atom. The quantitative estimate of drug-likeness (QED) is 0.864. The SMILES string of the molecule is Cc1cc(O)cc(OC(C)C)c1[C@@H]1CN[C@H](C(=O)N2CCC[C@H]2C#N)C1. The summed E-state index contributed by atoms with van der Waals surface area (Å²) in [4.78, 5) is 14.6. The molecule has 0 aliphatic carbocycles. The van der Waals surface area contributed by atoms with E-state index in [1.165, 1.54) is 0 Å². The summed E-state index contributed by atoms with van der Waals surface area (Å²) < 4.78 is 5.92. The molecule has 2 aliphatic rings. The molecule has 0 spiro atoms. The van der Waals surface area contributed by atoms with Gasteiger partial charge in [-0.25, -0.2) is 0 Å². The number of hydrogen-bond donors (Lipinski definition) is 2. The molecule has 6 heteroatoms. The molecule has 0 radical (unpaired) electrons. The Hall–Kier alpha value is -2.26. The highest BCUT2D eigenvalue weighted by Gasteiger charge is 2.38. The van der Waals surface area contributed by atoms with E-state index in [9.17, 15) is 15.2 Å². The summed E-state index contributed by atoms with van der Waals surface area (Å²) in [6.45, 7) is 7.22. The van der Waals surface area contributed by atoms with Crippen LogP contribution in [0.3, 0.4) is 0 Å². The Morgan fingerprint density at radius 1 is 1.46 bits per heavy atom. The Balaban J connectivity index is 1.79. The van der Waals surface area contributed by atoms with Crippen LogP contribution < -0.4 is 10.1 Å². The predicted molar refractivity (Wildman–Crippen MR) is 98.1 cm³/mol. The second kappa shape index (κ2) is 7.55. The highest BCUT2D eigenvalue weighted by molar-refractivity contribution is 5.83. The zero-order valence-electron chi connectivity index (χ0n) is 15.7. The fourth-order valence-electron chi connectivity index (χ4n) is 4.13. The molecule has 0 unspecified atom stereocenters. The van der Waals surface area contributed by atoms with Crippen molar-refractivity contribution in [3.8, 4) is 17.6 Å². The van der Waals surface area contributed by atoms with Gasteiger partial charge >= 0.3 is 0 Å². The molecule has 0 saturated carbocycles. The summed E-state index contributed by atoms with van der Waals surface area (Å²) in [5.74, 6) is 1.05. The fourth-order valence-corrected chi connectivity index (χ4v) is 4.13. The Kier molecular flexibility index (Phi) is 5.38. The topological polar surface area (TPSA) is 85.6 Å². The van der Waals surface area contributed by atoms with Gasteiger partial charge < -0.3 is 20.1 Å². The third kappa shape index (κ3) is 3.63. The zero-order valence-corrected chi connectivity index (χ0v) is 15.7. The third-order valence-electron chi connectivity index (χ3n) is 5.22. The lowest BCUT2D eigenvalue weighted by Gasteiger charge is -2.24. The standard InChI is InChI=1S/C20H27N3O3/c1-12(2)26-18-9-16(24)7-13(3)19(18)14-8-17(22-11-14)20(25)23-6-4-5-15(23)10-21/h7,9,12,14-15,17,22,24H,4-6,8,11H2,1-3H3/t14-,15-,17-/m0/s1. The fraction of sp³-hybridized carbons (Fsp3) is 0.600. The second-order valence-electron chi connectivity index (χ2n) is 7.55. The number of carbonyl (C=O) groups is 1. The molecule has 2 fully saturated rings. The van der Waals surface area contributed by atoms with E-state index in [2.05, 4.69) is 11.4 Å². The van der Waals surface area contributed by atoms with Crippen molar-refractivity contribution in [2.45, 2.75) is 64.1 Å². The lowest BCUT2D eigenvalue weighted by atomic mass is 9.91. The van der Waals surface area contributed by atoms with Gasteiger partial charge in [0.2, 0.25) is 5.91 Å². The van der Waals surface area contributed by atoms with Gasteiger partial charge in [0.1, 0.15) is 17.5 Å². The van der Waals surface area contributed by atoms with E-state index >= 15 is 0 Å². The first-order chi connectivity index (χ1) is 12.4. The number of likely N-dealkylation sites (tertiary alicyclic amines) is 1. The van der Waals surface area contributed by atoms with Crippen LogP contribution in [-0.4, -0.2) is 47.2 Å². The predicted octanol–water partition coefficient (Wildman–Crippen LogP) is 2.45. The van der Waals surface area contributed by atoms with Crippen molar-refractivity contribution >= 4 is 5.91 Å². The molecule has 1 aromatic rings. The molecule has 2 aliphatic heterocycles. The molecule has 2 saturated heterocycles. The maximum atomic E-state index is 12.8. The molecule has 26 heavy (non-hydrogen) atoms. The first-order valence-corrected chi connectivity index (χ1v) is 9.34. The largest absolute Gasteiger partial charge is 0.508 e. The van der Waals surface area contributed by atoms with Crippen molar-refractivity contribution in [3.63, 3.8) is 0 Å². The van der Waals surface area contributed by atoms with Crippen molar-refractivity contribution < 1.29 is 14.6 Å². The number of nitriles is 1. The summed E-state index contributed by atoms with van der Waals surface area (Å²) in [6.07, 6.45) is 2.33. The lowest BCUT2D eigenvalue weighted by molar-refractivity contribution is -0.133. The zero-order chi connectivity index (χ0) is 18.8. The second-order valence-corrected chi connectivity index (χ2v) is 7.55. The van der Waals surface area contributed by atoms with E-state index in [0.29, 0.717) is 25.3 Å². The number of aryl methyl sites for hydroxylation is 1. The number of nitrogens with one attached hydrogen (secondary N) is 1. The van der Waals surface area contributed by atoms with E-state index in [-0.39, 0.29) is 35.8 Å². The van der Waals surface area contributed by atoms with Crippen LogP contribution in [0, 0.1) is 18.3 Å². The first-order valence-electron chi connectivity index (χ1n) is 9.34. The molecule has 3 atom stereocenters. The number of phenols is 1. The molecule has 2 N–H and O–H groups in total. The van der Waals surface area contributed by atoms with Gasteiger partial charge in [0.15, 0.2) is 0 Å². The molecule has 1 aromatic carbocycles. The maximum Gasteiger partial charge on any atom is 0.240 e. The van der Waals surface area contributed by atoms with Crippen LogP contribution in [0.4, 0.5) is 0 Å². The highest BCUT2D eigenvalue weighted by Crippen LogP contribution is 2.38. The molecule has 0 bridgehead atoms. The van der Waals surface area contributed by atoms with Crippen molar-refractivity contribution in [3.05, 3.63) is 23.3 Å². The summed E-state index contributed by atoms with van der Waals surface area (Å²) in [5, 5.41) is 22.5. The Morgan fingerprint density at radius 2 is 2.23 bits per heavy atom. The van der Waals surface area contributed by atoms with Crippen LogP contribution in [0.15, 0.2) is 12.1 Å². The van der Waals surface area contributed by atoms with Gasteiger partial charge in [-0.2, -0.15) is 5.26 Å². The Bertz CT molecular complexity index is 726. The van der Waals surface area contributed by atoms with Crippen molar-refractivity contribution in [1.82, 2.24) is 10.2 Å². The van der Waals surface area contributed by atoms with E-state index in [1.807, 2.05) is 20.8 Å². The number of carbonyl (C=O) groups excluding carboxylic acids is 1. The number of phenolic OH excluding ortho intramolecular Hbond substituents is 1. The van der Waals surface area contributed by atoms with Crippen molar-refractivity contribution in [2.75, 3.05) is 13.1 Å². The van der Waals surface area contributed by atoms with Crippen molar-refractivity contribution in [2.24, 2.45) is 0 Å². The molecular formula is C20H27N3O3. The molecule has 1 amide bonds. The Labute approximate surface area is 154 Å². The number of amides is 1. The van der Waals surface area contributed by atoms with Gasteiger partial charge in [-0.05, 0) is 51.7 Å². The van der Waals surface area contributed by atoms with Gasteiger partial charge in [0.05, 0.1) is 18.2 Å². The molecule has 6 nitrogen and oxygen atoms in total. The monoisotopic (exact) mass is 357 g/mol. The molecular weight excluding hydrogens is 330 g/mol. The number of benzene rings is 1. The van der Waals surface area contributed by atoms with Crippen LogP contribution in [0.25, 0.3) is 0 Å². The first kappa shape index (κ1) is 18.5. The maximum absolute atomic E-state index is 12.8. The molecule has 2 heterocycles. The molecule has 0 aromatic heterocycles. The minimum Gasteiger partial charge on any atom is -0.508 e. The number of ether oxygens (including phenoxy) is 1. The lowest BCUT2D eigenvalue weighted by Crippen LogP contribution is -2.45. The average Bonchev–Trinajstić information content (AvgIpc) is 3.22. The van der Waals surface area contributed by atoms with Gasteiger partial charge in [0, 0.05) is 30.6 Å². The summed E-state index contributed by atoms with van der Waals surface area (Å²) in [7, 11) is 0. The minimum atomic E-state index is -0.293.